The molecule has 2 fully saturated rings. The van der Waals surface area contributed by atoms with Gasteiger partial charge in [-0.2, -0.15) is 0 Å². The van der Waals surface area contributed by atoms with Gasteiger partial charge in [-0.15, -0.1) is 0 Å². The van der Waals surface area contributed by atoms with E-state index in [0.717, 1.165) is 31.6 Å². The summed E-state index contributed by atoms with van der Waals surface area (Å²) in [6.45, 7) is 7.07. The Morgan fingerprint density at radius 2 is 1.96 bits per heavy atom. The third-order valence-electron chi connectivity index (χ3n) is 5.36. The molecule has 0 radical (unpaired) electrons. The number of fused-ring (bicyclic) bond motifs is 1. The Labute approximate surface area is 155 Å². The van der Waals surface area contributed by atoms with Crippen molar-refractivity contribution in [2.75, 3.05) is 39.8 Å². The van der Waals surface area contributed by atoms with E-state index in [1.54, 1.807) is 23.6 Å². The molecule has 1 atom stereocenters. The van der Waals surface area contributed by atoms with Crippen LogP contribution in [0.1, 0.15) is 36.2 Å². The fourth-order valence-electron chi connectivity index (χ4n) is 3.64. The van der Waals surface area contributed by atoms with Gasteiger partial charge in [0.25, 0.3) is 5.91 Å². The maximum absolute atomic E-state index is 12.9. The number of benzene rings is 1. The second-order valence-corrected chi connectivity index (χ2v) is 8.08. The lowest BCUT2D eigenvalue weighted by Crippen LogP contribution is -2.64. The molecule has 1 aromatic carbocycles. The molecule has 2 amide bonds. The summed E-state index contributed by atoms with van der Waals surface area (Å²) < 4.78 is 0. The normalized spacial score (nSPS) is 21.7. The van der Waals surface area contributed by atoms with Gasteiger partial charge in [0.2, 0.25) is 5.91 Å². The average molecular weight is 359 g/mol. The topological polar surface area (TPSA) is 64.1 Å². The molecule has 0 saturated carbocycles. The number of carbonyl (C=O) groups excluding carboxylic acids is 2. The lowest BCUT2D eigenvalue weighted by molar-refractivity contribution is -0.142. The van der Waals surface area contributed by atoms with Crippen molar-refractivity contribution in [3.8, 4) is 0 Å². The third-order valence-corrected chi connectivity index (χ3v) is 5.36. The number of amides is 2. The highest BCUT2D eigenvalue weighted by atomic mass is 16.3. The standard InChI is InChI=1S/C20H29N3O3/c1-20(2,26)8-7-15-5-4-6-16(13-15)18(24)23-12-11-22-10-9-21(3)19(25)17(22)14-23/h4-6,13,17,26H,7-12,14H2,1-3H3/t17-/m1/s1. The molecule has 2 aliphatic heterocycles. The Hall–Kier alpha value is -1.92. The van der Waals surface area contributed by atoms with Crippen LogP contribution in [0.15, 0.2) is 24.3 Å². The number of piperazine rings is 2. The van der Waals surface area contributed by atoms with Gasteiger partial charge in [0.15, 0.2) is 0 Å². The summed E-state index contributed by atoms with van der Waals surface area (Å²) in [6.07, 6.45) is 1.37. The summed E-state index contributed by atoms with van der Waals surface area (Å²) in [5, 5.41) is 9.90. The molecule has 0 bridgehead atoms. The van der Waals surface area contributed by atoms with E-state index in [-0.39, 0.29) is 17.9 Å². The fraction of sp³-hybridized carbons (Fsp3) is 0.600. The van der Waals surface area contributed by atoms with Crippen molar-refractivity contribution in [2.24, 2.45) is 0 Å². The van der Waals surface area contributed by atoms with Gasteiger partial charge in [0, 0.05) is 45.3 Å². The van der Waals surface area contributed by atoms with Crippen LogP contribution in [0, 0.1) is 0 Å². The van der Waals surface area contributed by atoms with Gasteiger partial charge in [0.05, 0.1) is 5.60 Å². The monoisotopic (exact) mass is 359 g/mol. The van der Waals surface area contributed by atoms with Gasteiger partial charge in [-0.25, -0.2) is 0 Å². The summed E-state index contributed by atoms with van der Waals surface area (Å²) in [4.78, 5) is 31.1. The minimum absolute atomic E-state index is 0.0178. The number of nitrogens with zero attached hydrogens (tertiary/aromatic N) is 3. The van der Waals surface area contributed by atoms with E-state index in [4.69, 9.17) is 0 Å². The largest absolute Gasteiger partial charge is 0.390 e. The van der Waals surface area contributed by atoms with E-state index in [2.05, 4.69) is 4.90 Å². The van der Waals surface area contributed by atoms with Crippen molar-refractivity contribution >= 4 is 11.8 Å². The minimum atomic E-state index is -0.719. The van der Waals surface area contributed by atoms with Gasteiger partial charge in [0.1, 0.15) is 6.04 Å². The van der Waals surface area contributed by atoms with E-state index >= 15 is 0 Å². The zero-order chi connectivity index (χ0) is 18.9. The molecule has 0 aliphatic carbocycles. The molecular weight excluding hydrogens is 330 g/mol. The van der Waals surface area contributed by atoms with Gasteiger partial charge in [-0.3, -0.25) is 14.5 Å². The Balaban J connectivity index is 1.68. The number of carbonyl (C=O) groups is 2. The molecule has 2 aliphatic rings. The first-order valence-electron chi connectivity index (χ1n) is 9.34. The Kier molecular flexibility index (Phi) is 5.34. The van der Waals surface area contributed by atoms with Crippen LogP contribution >= 0.6 is 0 Å². The Morgan fingerprint density at radius 3 is 2.69 bits per heavy atom. The quantitative estimate of drug-likeness (QED) is 0.871. The first kappa shape index (κ1) is 18.9. The molecule has 1 N–H and O–H groups in total. The molecule has 26 heavy (non-hydrogen) atoms. The van der Waals surface area contributed by atoms with Crippen molar-refractivity contribution in [3.63, 3.8) is 0 Å². The van der Waals surface area contributed by atoms with Crippen LogP contribution < -0.4 is 0 Å². The highest BCUT2D eigenvalue weighted by molar-refractivity contribution is 5.95. The molecule has 6 heteroatoms. The first-order valence-corrected chi connectivity index (χ1v) is 9.34. The lowest BCUT2D eigenvalue weighted by Gasteiger charge is -2.45. The number of hydrogen-bond donors (Lipinski definition) is 1. The summed E-state index contributed by atoms with van der Waals surface area (Å²) in [7, 11) is 1.83. The minimum Gasteiger partial charge on any atom is -0.390 e. The van der Waals surface area contributed by atoms with Gasteiger partial charge in [-0.1, -0.05) is 12.1 Å². The van der Waals surface area contributed by atoms with Crippen LogP contribution in [-0.4, -0.2) is 83.0 Å². The van der Waals surface area contributed by atoms with Crippen molar-refractivity contribution < 1.29 is 14.7 Å². The second kappa shape index (κ2) is 7.37. The van der Waals surface area contributed by atoms with E-state index in [1.165, 1.54) is 0 Å². The summed E-state index contributed by atoms with van der Waals surface area (Å²) in [5.41, 5.74) is 0.984. The van der Waals surface area contributed by atoms with Crippen LogP contribution in [0.2, 0.25) is 0 Å². The predicted molar refractivity (Wildman–Crippen MR) is 100.0 cm³/mol. The van der Waals surface area contributed by atoms with E-state index in [0.29, 0.717) is 25.1 Å². The van der Waals surface area contributed by atoms with E-state index in [9.17, 15) is 14.7 Å². The zero-order valence-corrected chi connectivity index (χ0v) is 15.9. The molecule has 142 valence electrons. The summed E-state index contributed by atoms with van der Waals surface area (Å²) >= 11 is 0. The summed E-state index contributed by atoms with van der Waals surface area (Å²) in [5.74, 6) is 0.0865. The molecule has 0 unspecified atom stereocenters. The van der Waals surface area contributed by atoms with Gasteiger partial charge in [-0.05, 0) is 44.4 Å². The Bertz CT molecular complexity index is 683. The maximum Gasteiger partial charge on any atom is 0.253 e. The molecule has 0 spiro atoms. The van der Waals surface area contributed by atoms with E-state index < -0.39 is 5.60 Å². The molecule has 0 aromatic heterocycles. The lowest BCUT2D eigenvalue weighted by atomic mass is 9.97. The van der Waals surface area contributed by atoms with Crippen LogP contribution in [0.5, 0.6) is 0 Å². The van der Waals surface area contributed by atoms with Crippen molar-refractivity contribution in [3.05, 3.63) is 35.4 Å². The third kappa shape index (κ3) is 4.24. The van der Waals surface area contributed by atoms with Crippen molar-refractivity contribution in [1.82, 2.24) is 14.7 Å². The smallest absolute Gasteiger partial charge is 0.253 e. The number of aliphatic hydroxyl groups is 1. The van der Waals surface area contributed by atoms with Crippen LogP contribution in [0.3, 0.4) is 0 Å². The number of rotatable bonds is 4. The molecular formula is C20H29N3O3. The fourth-order valence-corrected chi connectivity index (χ4v) is 3.64. The predicted octanol–water partition coefficient (Wildman–Crippen LogP) is 0.988. The SMILES string of the molecule is CN1CCN2CCN(C(=O)c3cccc(CCC(C)(C)O)c3)C[C@@H]2C1=O. The van der Waals surface area contributed by atoms with Crippen LogP contribution in [0.25, 0.3) is 0 Å². The molecule has 6 nitrogen and oxygen atoms in total. The molecule has 1 aromatic rings. The van der Waals surface area contributed by atoms with Crippen LogP contribution in [-0.2, 0) is 11.2 Å². The molecule has 2 saturated heterocycles. The van der Waals surface area contributed by atoms with Crippen LogP contribution in [0.4, 0.5) is 0 Å². The number of hydrogen-bond acceptors (Lipinski definition) is 4. The average Bonchev–Trinajstić information content (AvgIpc) is 2.62. The van der Waals surface area contributed by atoms with Crippen molar-refractivity contribution in [1.29, 1.82) is 0 Å². The molecule has 2 heterocycles. The highest BCUT2D eigenvalue weighted by Crippen LogP contribution is 2.19. The Morgan fingerprint density at radius 1 is 1.23 bits per heavy atom. The van der Waals surface area contributed by atoms with Crippen molar-refractivity contribution in [2.45, 2.75) is 38.3 Å². The zero-order valence-electron chi connectivity index (χ0n) is 15.9. The maximum atomic E-state index is 12.9. The van der Waals surface area contributed by atoms with Gasteiger partial charge >= 0.3 is 0 Å². The number of aryl methyl sites for hydroxylation is 1. The number of likely N-dealkylation sites (N-methyl/N-ethyl adjacent to an activating group) is 1. The van der Waals surface area contributed by atoms with Gasteiger partial charge < -0.3 is 14.9 Å². The molecule has 3 rings (SSSR count). The highest BCUT2D eigenvalue weighted by Gasteiger charge is 2.38. The van der Waals surface area contributed by atoms with E-state index in [1.807, 2.05) is 31.3 Å². The first-order chi connectivity index (χ1) is 12.2. The summed E-state index contributed by atoms with van der Waals surface area (Å²) in [6, 6.07) is 7.40. The second-order valence-electron chi connectivity index (χ2n) is 8.08.